The molecule has 7 nitrogen and oxygen atoms in total. The number of methoxy groups -OCH3 is 1. The highest BCUT2D eigenvalue weighted by Crippen LogP contribution is 2.31. The number of benzene rings is 2. The Morgan fingerprint density at radius 1 is 0.867 bits per heavy atom. The van der Waals surface area contributed by atoms with Crippen LogP contribution in [0.3, 0.4) is 0 Å². The Kier molecular flexibility index (Phi) is 7.58. The van der Waals surface area contributed by atoms with Crippen molar-refractivity contribution in [1.29, 1.82) is 0 Å². The molecule has 164 valence electrons. The summed E-state index contributed by atoms with van der Waals surface area (Å²) in [5, 5.41) is 0. The molecule has 0 bridgehead atoms. The summed E-state index contributed by atoms with van der Waals surface area (Å²) < 4.78 is 44.2. The summed E-state index contributed by atoms with van der Waals surface area (Å²) in [6.07, 6.45) is 0. The van der Waals surface area contributed by atoms with Crippen LogP contribution in [-0.2, 0) is 16.6 Å². The van der Waals surface area contributed by atoms with Gasteiger partial charge >= 0.3 is 0 Å². The predicted octanol–water partition coefficient (Wildman–Crippen LogP) is 3.00. The van der Waals surface area contributed by atoms with Gasteiger partial charge in [0.25, 0.3) is 0 Å². The summed E-state index contributed by atoms with van der Waals surface area (Å²) in [7, 11) is -1.94. The highest BCUT2D eigenvalue weighted by molar-refractivity contribution is 7.89. The van der Waals surface area contributed by atoms with Gasteiger partial charge in [-0.1, -0.05) is 12.1 Å². The minimum Gasteiger partial charge on any atom is -0.497 e. The summed E-state index contributed by atoms with van der Waals surface area (Å²) in [5.74, 6) is 1.85. The SMILES string of the molecule is CCOc1ccc(S(=O)(=O)N2CCN(Cc3ccc(OC)cc3)CC2)cc1OCC. The van der Waals surface area contributed by atoms with Crippen molar-refractivity contribution >= 4 is 10.0 Å². The van der Waals surface area contributed by atoms with E-state index in [9.17, 15) is 8.42 Å². The Bertz CT molecular complexity index is 923. The van der Waals surface area contributed by atoms with Crippen LogP contribution in [-0.4, -0.2) is 64.1 Å². The van der Waals surface area contributed by atoms with E-state index in [1.807, 2.05) is 38.1 Å². The fraction of sp³-hybridized carbons (Fsp3) is 0.455. The molecule has 8 heteroatoms. The molecular formula is C22H30N2O5S. The van der Waals surface area contributed by atoms with E-state index in [4.69, 9.17) is 14.2 Å². The molecule has 0 aliphatic carbocycles. The second-order valence-electron chi connectivity index (χ2n) is 7.00. The Hall–Kier alpha value is -2.29. The van der Waals surface area contributed by atoms with E-state index < -0.39 is 10.0 Å². The smallest absolute Gasteiger partial charge is 0.243 e. The van der Waals surface area contributed by atoms with E-state index in [0.29, 0.717) is 50.9 Å². The zero-order valence-corrected chi connectivity index (χ0v) is 18.7. The zero-order chi connectivity index (χ0) is 21.6. The number of nitrogens with zero attached hydrogens (tertiary/aromatic N) is 2. The molecule has 0 unspecified atom stereocenters. The quantitative estimate of drug-likeness (QED) is 0.604. The molecule has 1 fully saturated rings. The summed E-state index contributed by atoms with van der Waals surface area (Å²) >= 11 is 0. The Morgan fingerprint density at radius 2 is 1.50 bits per heavy atom. The maximum atomic E-state index is 13.1. The van der Waals surface area contributed by atoms with Crippen LogP contribution >= 0.6 is 0 Å². The van der Waals surface area contributed by atoms with E-state index in [1.54, 1.807) is 29.6 Å². The summed E-state index contributed by atoms with van der Waals surface area (Å²) in [5.41, 5.74) is 1.18. The Morgan fingerprint density at radius 3 is 2.10 bits per heavy atom. The first-order valence-electron chi connectivity index (χ1n) is 10.2. The van der Waals surface area contributed by atoms with Crippen LogP contribution in [0.25, 0.3) is 0 Å². The van der Waals surface area contributed by atoms with Gasteiger partial charge in [-0.05, 0) is 43.7 Å². The average molecular weight is 435 g/mol. The van der Waals surface area contributed by atoms with Gasteiger partial charge in [0.15, 0.2) is 11.5 Å². The molecule has 2 aromatic carbocycles. The molecule has 0 spiro atoms. The lowest BCUT2D eigenvalue weighted by atomic mass is 10.2. The summed E-state index contributed by atoms with van der Waals surface area (Å²) in [6.45, 7) is 7.72. The number of hydrogen-bond acceptors (Lipinski definition) is 6. The molecule has 0 aromatic heterocycles. The Labute approximate surface area is 179 Å². The van der Waals surface area contributed by atoms with Gasteiger partial charge < -0.3 is 14.2 Å². The van der Waals surface area contributed by atoms with Gasteiger partial charge in [0, 0.05) is 38.8 Å². The minimum absolute atomic E-state index is 0.234. The fourth-order valence-corrected chi connectivity index (χ4v) is 4.90. The number of piperazine rings is 1. The summed E-state index contributed by atoms with van der Waals surface area (Å²) in [6, 6.07) is 12.8. The molecule has 1 heterocycles. The second-order valence-corrected chi connectivity index (χ2v) is 8.94. The average Bonchev–Trinajstić information content (AvgIpc) is 2.76. The van der Waals surface area contributed by atoms with Crippen LogP contribution in [0.1, 0.15) is 19.4 Å². The van der Waals surface area contributed by atoms with Gasteiger partial charge in [-0.25, -0.2) is 8.42 Å². The Balaban J connectivity index is 1.65. The van der Waals surface area contributed by atoms with Crippen molar-refractivity contribution < 1.29 is 22.6 Å². The van der Waals surface area contributed by atoms with Crippen LogP contribution in [0.5, 0.6) is 17.2 Å². The highest BCUT2D eigenvalue weighted by Gasteiger charge is 2.29. The predicted molar refractivity (Wildman–Crippen MR) is 116 cm³/mol. The topological polar surface area (TPSA) is 68.3 Å². The van der Waals surface area contributed by atoms with E-state index >= 15 is 0 Å². The lowest BCUT2D eigenvalue weighted by molar-refractivity contribution is 0.181. The molecule has 1 saturated heterocycles. The third-order valence-electron chi connectivity index (χ3n) is 5.05. The van der Waals surface area contributed by atoms with E-state index in [-0.39, 0.29) is 4.90 Å². The van der Waals surface area contributed by atoms with Gasteiger partial charge in [0.1, 0.15) is 5.75 Å². The minimum atomic E-state index is -3.59. The van der Waals surface area contributed by atoms with E-state index in [1.165, 1.54) is 5.56 Å². The van der Waals surface area contributed by atoms with Crippen LogP contribution in [0.4, 0.5) is 0 Å². The van der Waals surface area contributed by atoms with E-state index in [2.05, 4.69) is 4.90 Å². The largest absolute Gasteiger partial charge is 0.497 e. The molecule has 1 aliphatic heterocycles. The molecule has 0 atom stereocenters. The lowest BCUT2D eigenvalue weighted by Crippen LogP contribution is -2.48. The second kappa shape index (κ2) is 10.1. The molecule has 0 radical (unpaired) electrons. The van der Waals surface area contributed by atoms with Crippen LogP contribution in [0, 0.1) is 0 Å². The zero-order valence-electron chi connectivity index (χ0n) is 17.8. The molecule has 0 amide bonds. The fourth-order valence-electron chi connectivity index (χ4n) is 3.46. The van der Waals surface area contributed by atoms with Crippen molar-refractivity contribution in [1.82, 2.24) is 9.21 Å². The molecular weight excluding hydrogens is 404 g/mol. The van der Waals surface area contributed by atoms with Gasteiger partial charge in [0.05, 0.1) is 25.2 Å². The van der Waals surface area contributed by atoms with Gasteiger partial charge in [-0.15, -0.1) is 0 Å². The van der Waals surface area contributed by atoms with Gasteiger partial charge in [-0.3, -0.25) is 4.90 Å². The van der Waals surface area contributed by atoms with Gasteiger partial charge in [-0.2, -0.15) is 4.31 Å². The number of rotatable bonds is 9. The molecule has 2 aromatic rings. The van der Waals surface area contributed by atoms with Crippen LogP contribution in [0.15, 0.2) is 47.4 Å². The molecule has 0 saturated carbocycles. The first-order valence-corrected chi connectivity index (χ1v) is 11.7. The maximum Gasteiger partial charge on any atom is 0.243 e. The first kappa shape index (κ1) is 22.4. The number of sulfonamides is 1. The normalized spacial score (nSPS) is 15.7. The van der Waals surface area contributed by atoms with Crippen molar-refractivity contribution in [2.24, 2.45) is 0 Å². The van der Waals surface area contributed by atoms with Crippen molar-refractivity contribution in [3.63, 3.8) is 0 Å². The first-order chi connectivity index (χ1) is 14.5. The molecule has 3 rings (SSSR count). The van der Waals surface area contributed by atoms with Crippen molar-refractivity contribution in [2.75, 3.05) is 46.5 Å². The molecule has 30 heavy (non-hydrogen) atoms. The maximum absolute atomic E-state index is 13.1. The monoisotopic (exact) mass is 434 g/mol. The number of hydrogen-bond donors (Lipinski definition) is 0. The van der Waals surface area contributed by atoms with Crippen molar-refractivity contribution in [3.8, 4) is 17.2 Å². The lowest BCUT2D eigenvalue weighted by Gasteiger charge is -2.34. The van der Waals surface area contributed by atoms with E-state index in [0.717, 1.165) is 12.3 Å². The number of ether oxygens (including phenoxy) is 3. The highest BCUT2D eigenvalue weighted by atomic mass is 32.2. The third-order valence-corrected chi connectivity index (χ3v) is 6.94. The van der Waals surface area contributed by atoms with Crippen molar-refractivity contribution in [2.45, 2.75) is 25.3 Å². The van der Waals surface area contributed by atoms with Gasteiger partial charge in [0.2, 0.25) is 10.0 Å². The molecule has 0 N–H and O–H groups in total. The molecule has 1 aliphatic rings. The van der Waals surface area contributed by atoms with Crippen LogP contribution < -0.4 is 14.2 Å². The van der Waals surface area contributed by atoms with Crippen LogP contribution in [0.2, 0.25) is 0 Å². The van der Waals surface area contributed by atoms with Crippen molar-refractivity contribution in [3.05, 3.63) is 48.0 Å². The summed E-state index contributed by atoms with van der Waals surface area (Å²) in [4.78, 5) is 2.50. The standard InChI is InChI=1S/C22H30N2O5S/c1-4-28-21-11-10-20(16-22(21)29-5-2)30(25,26)24-14-12-23(13-15-24)17-18-6-8-19(27-3)9-7-18/h6-11,16H,4-5,12-15,17H2,1-3H3. The third kappa shape index (κ3) is 5.24.